The molecule has 136 valence electrons. The standard InChI is InChI=1S/C17H22FN3O4/c1-24-12-2-3-13(14(18)10-12)15(22)20-5-7-21(8-6-20)17(16(19)23)4-9-25-11-17/h2-3,10H,4-9,11H2,1H3,(H2,19,23). The molecule has 25 heavy (non-hydrogen) atoms. The number of amides is 2. The average molecular weight is 351 g/mol. The Labute approximate surface area is 145 Å². The minimum absolute atomic E-state index is 0.0167. The van der Waals surface area contributed by atoms with E-state index in [-0.39, 0.29) is 18.1 Å². The van der Waals surface area contributed by atoms with Crippen molar-refractivity contribution in [2.45, 2.75) is 12.0 Å². The van der Waals surface area contributed by atoms with E-state index in [1.165, 1.54) is 19.2 Å². The molecule has 2 N–H and O–H groups in total. The molecule has 2 saturated heterocycles. The summed E-state index contributed by atoms with van der Waals surface area (Å²) in [7, 11) is 1.44. The molecule has 3 rings (SSSR count). The number of piperazine rings is 1. The SMILES string of the molecule is COc1ccc(C(=O)N2CCN(C3(C(N)=O)CCOC3)CC2)c(F)c1. The van der Waals surface area contributed by atoms with Crippen molar-refractivity contribution in [1.82, 2.24) is 9.80 Å². The van der Waals surface area contributed by atoms with E-state index in [9.17, 15) is 14.0 Å². The molecule has 2 fully saturated rings. The van der Waals surface area contributed by atoms with Crippen LogP contribution in [-0.4, -0.2) is 73.7 Å². The van der Waals surface area contributed by atoms with Gasteiger partial charge in [0, 0.05) is 45.3 Å². The van der Waals surface area contributed by atoms with Gasteiger partial charge in [-0.1, -0.05) is 0 Å². The lowest BCUT2D eigenvalue weighted by atomic mass is 9.94. The normalized spacial score (nSPS) is 24.3. The highest BCUT2D eigenvalue weighted by molar-refractivity contribution is 5.94. The van der Waals surface area contributed by atoms with E-state index in [2.05, 4.69) is 0 Å². The molecule has 0 spiro atoms. The van der Waals surface area contributed by atoms with E-state index in [1.807, 2.05) is 4.90 Å². The predicted molar refractivity (Wildman–Crippen MR) is 87.8 cm³/mol. The molecular weight excluding hydrogens is 329 g/mol. The van der Waals surface area contributed by atoms with Crippen LogP contribution in [0.25, 0.3) is 0 Å². The van der Waals surface area contributed by atoms with E-state index < -0.39 is 17.3 Å². The first-order valence-corrected chi connectivity index (χ1v) is 8.23. The van der Waals surface area contributed by atoms with E-state index in [4.69, 9.17) is 15.2 Å². The molecule has 1 aromatic carbocycles. The van der Waals surface area contributed by atoms with Crippen molar-refractivity contribution in [3.8, 4) is 5.75 Å². The van der Waals surface area contributed by atoms with Crippen LogP contribution in [0.3, 0.4) is 0 Å². The summed E-state index contributed by atoms with van der Waals surface area (Å²) in [6, 6.07) is 4.19. The molecule has 0 aromatic heterocycles. The number of ether oxygens (including phenoxy) is 2. The summed E-state index contributed by atoms with van der Waals surface area (Å²) in [6.07, 6.45) is 0.559. The Kier molecular flexibility index (Phi) is 4.91. The Hall–Kier alpha value is -2.19. The molecule has 0 radical (unpaired) electrons. The van der Waals surface area contributed by atoms with Gasteiger partial charge in [-0.15, -0.1) is 0 Å². The minimum atomic E-state index is -0.791. The number of benzene rings is 1. The molecule has 2 amide bonds. The second-order valence-electron chi connectivity index (χ2n) is 6.32. The molecule has 0 aliphatic carbocycles. The quantitative estimate of drug-likeness (QED) is 0.840. The Morgan fingerprint density at radius 2 is 2.00 bits per heavy atom. The van der Waals surface area contributed by atoms with Gasteiger partial charge in [-0.3, -0.25) is 14.5 Å². The van der Waals surface area contributed by atoms with E-state index >= 15 is 0 Å². The van der Waals surface area contributed by atoms with Crippen LogP contribution in [0, 0.1) is 5.82 Å². The highest BCUT2D eigenvalue weighted by Crippen LogP contribution is 2.28. The number of methoxy groups -OCH3 is 1. The van der Waals surface area contributed by atoms with Crippen molar-refractivity contribution < 1.29 is 23.5 Å². The summed E-state index contributed by atoms with van der Waals surface area (Å²) in [5, 5.41) is 0. The fourth-order valence-corrected chi connectivity index (χ4v) is 3.46. The fraction of sp³-hybridized carbons (Fsp3) is 0.529. The lowest BCUT2D eigenvalue weighted by Gasteiger charge is -2.43. The van der Waals surface area contributed by atoms with Crippen LogP contribution >= 0.6 is 0 Å². The summed E-state index contributed by atoms with van der Waals surface area (Å²) in [5.74, 6) is -1.00. The van der Waals surface area contributed by atoms with Gasteiger partial charge in [-0.05, 0) is 12.1 Å². The third-order valence-corrected chi connectivity index (χ3v) is 5.04. The molecule has 7 nitrogen and oxygen atoms in total. The van der Waals surface area contributed by atoms with Crippen molar-refractivity contribution in [2.75, 3.05) is 46.5 Å². The van der Waals surface area contributed by atoms with Crippen molar-refractivity contribution in [3.63, 3.8) is 0 Å². The molecule has 1 unspecified atom stereocenters. The number of nitrogens with zero attached hydrogens (tertiary/aromatic N) is 2. The van der Waals surface area contributed by atoms with Crippen molar-refractivity contribution in [2.24, 2.45) is 5.73 Å². The smallest absolute Gasteiger partial charge is 0.256 e. The van der Waals surface area contributed by atoms with E-state index in [0.717, 1.165) is 0 Å². The highest BCUT2D eigenvalue weighted by Gasteiger charge is 2.47. The third-order valence-electron chi connectivity index (χ3n) is 5.04. The summed E-state index contributed by atoms with van der Waals surface area (Å²) in [4.78, 5) is 28.1. The zero-order valence-electron chi connectivity index (χ0n) is 14.2. The van der Waals surface area contributed by atoms with E-state index in [1.54, 1.807) is 11.0 Å². The Morgan fingerprint density at radius 1 is 1.28 bits per heavy atom. The minimum Gasteiger partial charge on any atom is -0.497 e. The van der Waals surface area contributed by atoms with Crippen molar-refractivity contribution in [3.05, 3.63) is 29.6 Å². The molecule has 2 aliphatic rings. The predicted octanol–water partition coefficient (Wildman–Crippen LogP) is 0.237. The molecular formula is C17H22FN3O4. The maximum Gasteiger partial charge on any atom is 0.256 e. The van der Waals surface area contributed by atoms with Gasteiger partial charge < -0.3 is 20.1 Å². The van der Waals surface area contributed by atoms with Gasteiger partial charge in [0.25, 0.3) is 5.91 Å². The number of hydrogen-bond donors (Lipinski definition) is 1. The van der Waals surface area contributed by atoms with Crippen LogP contribution in [0.4, 0.5) is 4.39 Å². The topological polar surface area (TPSA) is 85.1 Å². The number of primary amides is 1. The maximum atomic E-state index is 14.1. The molecule has 1 atom stereocenters. The molecule has 2 heterocycles. The lowest BCUT2D eigenvalue weighted by Crippen LogP contribution is -2.63. The Balaban J connectivity index is 1.68. The van der Waals surface area contributed by atoms with Gasteiger partial charge in [0.15, 0.2) is 0 Å². The second kappa shape index (κ2) is 6.97. The molecule has 8 heteroatoms. The average Bonchev–Trinajstić information content (AvgIpc) is 3.12. The molecule has 0 saturated carbocycles. The fourth-order valence-electron chi connectivity index (χ4n) is 3.46. The second-order valence-corrected chi connectivity index (χ2v) is 6.32. The summed E-state index contributed by atoms with van der Waals surface area (Å²) >= 11 is 0. The van der Waals surface area contributed by atoms with Crippen molar-refractivity contribution in [1.29, 1.82) is 0 Å². The summed E-state index contributed by atoms with van der Waals surface area (Å²) in [6.45, 7) is 2.58. The zero-order valence-corrected chi connectivity index (χ0v) is 14.2. The van der Waals surface area contributed by atoms with Crippen LogP contribution in [0.2, 0.25) is 0 Å². The highest BCUT2D eigenvalue weighted by atomic mass is 19.1. The number of carbonyl (C=O) groups is 2. The van der Waals surface area contributed by atoms with Crippen LogP contribution in [0.1, 0.15) is 16.8 Å². The van der Waals surface area contributed by atoms with Gasteiger partial charge in [0.05, 0.1) is 19.3 Å². The number of carbonyl (C=O) groups excluding carboxylic acids is 2. The van der Waals surface area contributed by atoms with Gasteiger partial charge in [0.1, 0.15) is 17.1 Å². The first-order valence-electron chi connectivity index (χ1n) is 8.23. The van der Waals surface area contributed by atoms with Crippen LogP contribution < -0.4 is 10.5 Å². The molecule has 1 aromatic rings. The molecule has 2 aliphatic heterocycles. The maximum absolute atomic E-state index is 14.1. The first-order chi connectivity index (χ1) is 12.0. The number of nitrogens with two attached hydrogens (primary N) is 1. The Bertz CT molecular complexity index is 668. The number of rotatable bonds is 4. The monoisotopic (exact) mass is 351 g/mol. The third kappa shape index (κ3) is 3.19. The van der Waals surface area contributed by atoms with Gasteiger partial charge >= 0.3 is 0 Å². The van der Waals surface area contributed by atoms with Crippen molar-refractivity contribution >= 4 is 11.8 Å². The Morgan fingerprint density at radius 3 is 2.52 bits per heavy atom. The molecule has 0 bridgehead atoms. The zero-order chi connectivity index (χ0) is 18.0. The van der Waals surface area contributed by atoms with Crippen LogP contribution in [-0.2, 0) is 9.53 Å². The van der Waals surface area contributed by atoms with E-state index in [0.29, 0.717) is 45.0 Å². The summed E-state index contributed by atoms with van der Waals surface area (Å²) < 4.78 is 24.4. The number of halogens is 1. The summed E-state index contributed by atoms with van der Waals surface area (Å²) in [5.41, 5.74) is 4.82. The van der Waals surface area contributed by atoms with Crippen LogP contribution in [0.5, 0.6) is 5.75 Å². The van der Waals surface area contributed by atoms with Gasteiger partial charge in [-0.2, -0.15) is 0 Å². The largest absolute Gasteiger partial charge is 0.497 e. The van der Waals surface area contributed by atoms with Gasteiger partial charge in [0.2, 0.25) is 5.91 Å². The lowest BCUT2D eigenvalue weighted by molar-refractivity contribution is -0.131. The first kappa shape index (κ1) is 17.6. The number of hydrogen-bond acceptors (Lipinski definition) is 5. The van der Waals surface area contributed by atoms with Gasteiger partial charge in [-0.25, -0.2) is 4.39 Å². The van der Waals surface area contributed by atoms with Crippen LogP contribution in [0.15, 0.2) is 18.2 Å².